The number of benzene rings is 1. The van der Waals surface area contributed by atoms with Crippen LogP contribution >= 0.6 is 0 Å². The van der Waals surface area contributed by atoms with E-state index in [0.29, 0.717) is 31.1 Å². The molecule has 410 valence electrons. The van der Waals surface area contributed by atoms with Gasteiger partial charge in [0.25, 0.3) is 0 Å². The number of ether oxygens (including phenoxy) is 7. The number of nitrogens with zero attached hydrogens (tertiary/aromatic N) is 4. The van der Waals surface area contributed by atoms with Crippen LogP contribution in [0.3, 0.4) is 0 Å². The molecule has 0 spiro atoms. The minimum atomic E-state index is -1.86. The minimum Gasteiger partial charge on any atom is -0.483 e. The zero-order valence-corrected chi connectivity index (χ0v) is 46.0. The van der Waals surface area contributed by atoms with E-state index in [1.54, 1.807) is 58.3 Å². The summed E-state index contributed by atoms with van der Waals surface area (Å²) in [5, 5.41) is 60.1. The topological polar surface area (TPSA) is 228 Å². The first-order valence-corrected chi connectivity index (χ1v) is 26.1. The van der Waals surface area contributed by atoms with Gasteiger partial charge < -0.3 is 69.1 Å². The van der Waals surface area contributed by atoms with E-state index in [2.05, 4.69) is 15.7 Å². The summed E-state index contributed by atoms with van der Waals surface area (Å²) in [6.45, 7) is 22.7. The Labute approximate surface area is 428 Å². The number of para-hydroxylation sites is 1. The third-order valence-electron chi connectivity index (χ3n) is 15.9. The maximum absolute atomic E-state index is 14.7. The molecule has 19 heteroatoms. The van der Waals surface area contributed by atoms with Crippen LogP contribution in [0.5, 0.6) is 5.75 Å². The Bertz CT molecular complexity index is 2030. The number of carbonyl (C=O) groups is 2. The highest BCUT2D eigenvalue weighted by Gasteiger charge is 2.58. The molecule has 1 aromatic heterocycles. The second-order valence-electron chi connectivity index (χ2n) is 21.9. The van der Waals surface area contributed by atoms with Crippen molar-refractivity contribution in [1.29, 1.82) is 0 Å². The van der Waals surface area contributed by atoms with Gasteiger partial charge in [0.15, 0.2) is 24.5 Å². The normalized spacial score (nSPS) is 39.6. The Kier molecular flexibility index (Phi) is 20.2. The number of likely N-dealkylation sites (N-methyl/N-ethyl adjacent to an activating group) is 1. The van der Waals surface area contributed by atoms with Gasteiger partial charge in [-0.3, -0.25) is 14.4 Å². The van der Waals surface area contributed by atoms with Crippen LogP contribution in [-0.4, -0.2) is 178 Å². The summed E-state index contributed by atoms with van der Waals surface area (Å²) in [7, 11) is 6.73. The Hall–Kier alpha value is -3.47. The summed E-state index contributed by atoms with van der Waals surface area (Å²) in [5.74, 6) is -1.97. The smallest absolute Gasteiger partial charge is 0.325 e. The highest BCUT2D eigenvalue weighted by Crippen LogP contribution is 2.43. The number of cyclic esters (lactones) is 1. The average Bonchev–Trinajstić information content (AvgIpc) is 3.68. The second kappa shape index (κ2) is 24.5. The molecule has 18 atom stereocenters. The molecule has 4 heterocycles. The lowest BCUT2D eigenvalue weighted by Crippen LogP contribution is -2.70. The first kappa shape index (κ1) is 59.4. The van der Waals surface area contributed by atoms with Crippen molar-refractivity contribution in [1.82, 2.24) is 25.3 Å². The molecule has 0 aliphatic carbocycles. The highest BCUT2D eigenvalue weighted by atomic mass is 16.7. The lowest BCUT2D eigenvalue weighted by atomic mass is 9.75. The van der Waals surface area contributed by atoms with E-state index < -0.39 is 108 Å². The van der Waals surface area contributed by atoms with Crippen LogP contribution in [0.25, 0.3) is 0 Å². The van der Waals surface area contributed by atoms with Gasteiger partial charge in [-0.1, -0.05) is 45.9 Å². The fraction of sp³-hybridized carbons (Fsp3) is 0.792. The summed E-state index contributed by atoms with van der Waals surface area (Å²) in [6, 6.07) is 9.39. The number of aromatic nitrogens is 2. The Balaban J connectivity index is 1.63. The lowest BCUT2D eigenvalue weighted by Gasteiger charge is -2.53. The third-order valence-corrected chi connectivity index (χ3v) is 15.9. The van der Waals surface area contributed by atoms with E-state index in [0.717, 1.165) is 12.1 Å². The predicted octanol–water partition coefficient (Wildman–Crippen LogP) is 4.68. The molecule has 72 heavy (non-hydrogen) atoms. The molecule has 0 bridgehead atoms. The second-order valence-corrected chi connectivity index (χ2v) is 21.9. The Morgan fingerprint density at radius 3 is 2.25 bits per heavy atom. The molecule has 2 amide bonds. The average molecular weight is 1020 g/mol. The molecule has 19 nitrogen and oxygen atoms in total. The summed E-state index contributed by atoms with van der Waals surface area (Å²) in [4.78, 5) is 32.3. The number of hydrogen-bond acceptors (Lipinski definition) is 16. The van der Waals surface area contributed by atoms with Crippen molar-refractivity contribution in [3.63, 3.8) is 0 Å². The zero-order chi connectivity index (χ0) is 53.7. The number of esters is 1. The molecule has 0 radical (unpaired) electrons. The number of urea groups is 1. The lowest BCUT2D eigenvalue weighted by molar-refractivity contribution is -0.335. The van der Waals surface area contributed by atoms with Crippen LogP contribution in [0.4, 0.5) is 10.6 Å². The number of nitrogens with one attached hydrogen (secondary N) is 2. The number of carbonyl (C=O) groups excluding carboxylic acids is 2. The van der Waals surface area contributed by atoms with Gasteiger partial charge in [-0.15, -0.1) is 0 Å². The zero-order valence-electron chi connectivity index (χ0n) is 46.0. The van der Waals surface area contributed by atoms with E-state index in [4.69, 9.17) is 33.2 Å². The molecule has 1 aromatic carbocycles. The number of aliphatic hydroxyl groups excluding tert-OH is 1. The van der Waals surface area contributed by atoms with Gasteiger partial charge in [0.05, 0.1) is 42.0 Å². The SMILES string of the molecule is CCCNC[C@]1(O)[C@H](C)O[C@@H](O[C@H]2[C@H](C)[C@@H](O[C@@H]3O[C@H](C)C[C@H](N(C)C(=O)N(C)c4cc(C)n(C)n4)[C@H]3Oc3ccccc3)[C@](C)(O)C[C@@H](C)CN[C@H](C)[C@@H](O)[C@](C)(O)[C@@H](CC)OC(=O)[C@@H]2C)C[C@@]1(C)OC. The van der Waals surface area contributed by atoms with Crippen LogP contribution < -0.4 is 20.3 Å². The van der Waals surface area contributed by atoms with Crippen molar-refractivity contribution in [2.75, 3.05) is 45.7 Å². The van der Waals surface area contributed by atoms with Crippen molar-refractivity contribution < 1.29 is 63.2 Å². The fourth-order valence-electron chi connectivity index (χ4n) is 11.0. The van der Waals surface area contributed by atoms with E-state index in [9.17, 15) is 30.0 Å². The van der Waals surface area contributed by atoms with Crippen molar-refractivity contribution >= 4 is 17.8 Å². The van der Waals surface area contributed by atoms with E-state index in [1.807, 2.05) is 85.0 Å². The third kappa shape index (κ3) is 13.1. The number of aliphatic hydroxyl groups is 4. The van der Waals surface area contributed by atoms with Gasteiger partial charge in [0.2, 0.25) is 0 Å². The predicted molar refractivity (Wildman–Crippen MR) is 272 cm³/mol. The fourth-order valence-corrected chi connectivity index (χ4v) is 11.0. The van der Waals surface area contributed by atoms with Crippen molar-refractivity contribution in [2.24, 2.45) is 24.8 Å². The van der Waals surface area contributed by atoms with Crippen molar-refractivity contribution in [2.45, 2.75) is 205 Å². The molecule has 0 saturated carbocycles. The molecule has 6 N–H and O–H groups in total. The molecule has 3 fully saturated rings. The molecule has 0 unspecified atom stereocenters. The van der Waals surface area contributed by atoms with Crippen molar-refractivity contribution in [3.8, 4) is 5.75 Å². The largest absolute Gasteiger partial charge is 0.483 e. The monoisotopic (exact) mass is 1020 g/mol. The number of rotatable bonds is 14. The highest BCUT2D eigenvalue weighted by molar-refractivity contribution is 5.90. The Morgan fingerprint density at radius 1 is 0.986 bits per heavy atom. The molecule has 3 saturated heterocycles. The maximum atomic E-state index is 14.7. The van der Waals surface area contributed by atoms with Crippen LogP contribution in [0.1, 0.15) is 114 Å². The summed E-state index contributed by atoms with van der Waals surface area (Å²) < 4.78 is 48.3. The number of methoxy groups -OCH3 is 1. The molecular weight excluding hydrogens is 929 g/mol. The molecule has 2 aromatic rings. The quantitative estimate of drug-likeness (QED) is 0.112. The van der Waals surface area contributed by atoms with Gasteiger partial charge >= 0.3 is 12.0 Å². The van der Waals surface area contributed by atoms with Gasteiger partial charge in [-0.05, 0) is 112 Å². The number of amides is 2. The Morgan fingerprint density at radius 2 is 1.65 bits per heavy atom. The summed E-state index contributed by atoms with van der Waals surface area (Å²) in [6.07, 6.45) is -7.70. The van der Waals surface area contributed by atoms with E-state index >= 15 is 0 Å². The van der Waals surface area contributed by atoms with Crippen LogP contribution in [0.2, 0.25) is 0 Å². The molecule has 5 rings (SSSR count). The first-order chi connectivity index (χ1) is 33.7. The van der Waals surface area contributed by atoms with Gasteiger partial charge in [-0.25, -0.2) is 4.79 Å². The van der Waals surface area contributed by atoms with Gasteiger partial charge in [-0.2, -0.15) is 5.10 Å². The molecular formula is C53H90N6O13. The van der Waals surface area contributed by atoms with Crippen LogP contribution in [0, 0.1) is 24.7 Å². The standard InChI is InChI=1S/C53H90N6O13/c1-17-24-54-30-53(65)37(9)68-42(28-51(53,11)66-16)71-43-34(6)46(50(10,63)27-31(3)29-55-36(8)45(60)52(12,64)40(18-2)70-47(61)35(43)7)72-48-44(69-38-22-20-19-21-23-38)39(26-33(5)67-48)57(13)49(62)58(14)41-25-32(4)59(15)56-41/h19-23,25,31,33-37,39-40,42-46,48,54-55,60,63-65H,17-18,24,26-30H2,1-16H3/t31-,33-,34+,35-,36-,37+,39+,40-,42+,43+,44-,45-,46-,48+,50-,51-,52-,53+/m1/s1. The maximum Gasteiger partial charge on any atom is 0.325 e. The van der Waals surface area contributed by atoms with E-state index in [-0.39, 0.29) is 37.8 Å². The van der Waals surface area contributed by atoms with Crippen LogP contribution in [-0.2, 0) is 40.3 Å². The first-order valence-electron chi connectivity index (χ1n) is 26.1. The van der Waals surface area contributed by atoms with Gasteiger partial charge in [0.1, 0.15) is 34.8 Å². The van der Waals surface area contributed by atoms with Crippen LogP contribution in [0.15, 0.2) is 36.4 Å². The molecule has 3 aliphatic heterocycles. The van der Waals surface area contributed by atoms with E-state index in [1.165, 1.54) is 18.9 Å². The number of anilines is 1. The minimum absolute atomic E-state index is 0.0505. The molecule has 3 aliphatic rings. The van der Waals surface area contributed by atoms with Crippen molar-refractivity contribution in [3.05, 3.63) is 42.1 Å². The number of hydrogen-bond donors (Lipinski definition) is 6. The number of aryl methyl sites for hydroxylation is 2. The summed E-state index contributed by atoms with van der Waals surface area (Å²) >= 11 is 0. The van der Waals surface area contributed by atoms with Gasteiger partial charge in [0, 0.05) is 64.9 Å². The summed E-state index contributed by atoms with van der Waals surface area (Å²) in [5.41, 5.74) is -5.35.